The van der Waals surface area contributed by atoms with Crippen LogP contribution in [0, 0.1) is 0 Å². The number of carbonyl (C=O) groups excluding carboxylic acids is 1. The van der Waals surface area contributed by atoms with Crippen molar-refractivity contribution in [2.24, 2.45) is 0 Å². The SMILES string of the molecule is CC(c1ccccc1)N1CCC(O)(CC(=O)c2ccccc2)CC1. The molecule has 126 valence electrons. The molecule has 1 saturated heterocycles. The maximum atomic E-state index is 12.4. The zero-order valence-electron chi connectivity index (χ0n) is 14.2. The van der Waals surface area contributed by atoms with Crippen LogP contribution in [-0.4, -0.2) is 34.5 Å². The van der Waals surface area contributed by atoms with Crippen molar-refractivity contribution in [3.63, 3.8) is 0 Å². The van der Waals surface area contributed by atoms with Gasteiger partial charge in [0.25, 0.3) is 0 Å². The van der Waals surface area contributed by atoms with Gasteiger partial charge in [-0.2, -0.15) is 0 Å². The molecule has 1 N–H and O–H groups in total. The summed E-state index contributed by atoms with van der Waals surface area (Å²) in [4.78, 5) is 14.8. The average Bonchev–Trinajstić information content (AvgIpc) is 2.63. The predicted octanol–water partition coefficient (Wildman–Crippen LogP) is 3.85. The highest BCUT2D eigenvalue weighted by Gasteiger charge is 2.35. The lowest BCUT2D eigenvalue weighted by Gasteiger charge is -2.40. The van der Waals surface area contributed by atoms with Crippen LogP contribution in [0.25, 0.3) is 0 Å². The standard InChI is InChI=1S/C21H25NO2/c1-17(18-8-4-2-5-9-18)22-14-12-21(24,13-15-22)16-20(23)19-10-6-3-7-11-19/h2-11,17,24H,12-16H2,1H3. The van der Waals surface area contributed by atoms with Gasteiger partial charge in [-0.3, -0.25) is 9.69 Å². The van der Waals surface area contributed by atoms with E-state index in [4.69, 9.17) is 0 Å². The molecule has 0 spiro atoms. The number of Topliss-reactive ketones (excluding diaryl/α,β-unsaturated/α-hetero) is 1. The normalized spacial score (nSPS) is 18.9. The highest BCUT2D eigenvalue weighted by Crippen LogP contribution is 2.31. The molecule has 1 atom stereocenters. The van der Waals surface area contributed by atoms with Crippen molar-refractivity contribution in [3.05, 3.63) is 71.8 Å². The molecule has 1 fully saturated rings. The Kier molecular flexibility index (Phi) is 5.12. The van der Waals surface area contributed by atoms with Crippen LogP contribution in [0.1, 0.15) is 48.1 Å². The largest absolute Gasteiger partial charge is 0.389 e. The minimum Gasteiger partial charge on any atom is -0.389 e. The van der Waals surface area contributed by atoms with Crippen molar-refractivity contribution in [3.8, 4) is 0 Å². The van der Waals surface area contributed by atoms with Crippen LogP contribution in [-0.2, 0) is 0 Å². The van der Waals surface area contributed by atoms with Crippen molar-refractivity contribution < 1.29 is 9.90 Å². The highest BCUT2D eigenvalue weighted by molar-refractivity contribution is 5.96. The maximum absolute atomic E-state index is 12.4. The fourth-order valence-corrected chi connectivity index (χ4v) is 3.47. The summed E-state index contributed by atoms with van der Waals surface area (Å²) >= 11 is 0. The van der Waals surface area contributed by atoms with Gasteiger partial charge < -0.3 is 5.11 Å². The first kappa shape index (κ1) is 16.9. The summed E-state index contributed by atoms with van der Waals surface area (Å²) in [5, 5.41) is 10.8. The number of ketones is 1. The van der Waals surface area contributed by atoms with E-state index in [1.807, 2.05) is 36.4 Å². The predicted molar refractivity (Wildman–Crippen MR) is 96.0 cm³/mol. The van der Waals surface area contributed by atoms with Crippen LogP contribution in [0.2, 0.25) is 0 Å². The molecule has 3 rings (SSSR count). The van der Waals surface area contributed by atoms with Crippen molar-refractivity contribution >= 4 is 5.78 Å². The fraction of sp³-hybridized carbons (Fsp3) is 0.381. The number of likely N-dealkylation sites (tertiary alicyclic amines) is 1. The molecule has 24 heavy (non-hydrogen) atoms. The van der Waals surface area contributed by atoms with E-state index in [1.54, 1.807) is 0 Å². The molecule has 0 aliphatic carbocycles. The zero-order chi connectivity index (χ0) is 17.0. The summed E-state index contributed by atoms with van der Waals surface area (Å²) in [6.07, 6.45) is 1.50. The van der Waals surface area contributed by atoms with E-state index in [0.29, 0.717) is 24.4 Å². The number of hydrogen-bond acceptors (Lipinski definition) is 3. The summed E-state index contributed by atoms with van der Waals surface area (Å²) in [5.41, 5.74) is 1.11. The third-order valence-corrected chi connectivity index (χ3v) is 5.14. The first-order valence-electron chi connectivity index (χ1n) is 8.67. The second-order valence-electron chi connectivity index (χ2n) is 6.81. The summed E-state index contributed by atoms with van der Waals surface area (Å²) in [5.74, 6) is 0.0302. The topological polar surface area (TPSA) is 40.5 Å². The Morgan fingerprint density at radius 2 is 1.58 bits per heavy atom. The van der Waals surface area contributed by atoms with Crippen LogP contribution in [0.15, 0.2) is 60.7 Å². The molecule has 0 amide bonds. The van der Waals surface area contributed by atoms with Gasteiger partial charge in [0.2, 0.25) is 0 Å². The van der Waals surface area contributed by atoms with E-state index < -0.39 is 5.60 Å². The van der Waals surface area contributed by atoms with Crippen LogP contribution < -0.4 is 0 Å². The van der Waals surface area contributed by atoms with Gasteiger partial charge in [-0.25, -0.2) is 0 Å². The van der Waals surface area contributed by atoms with E-state index in [2.05, 4.69) is 36.1 Å². The third-order valence-electron chi connectivity index (χ3n) is 5.14. The Labute approximate surface area is 143 Å². The Balaban J connectivity index is 1.58. The summed E-state index contributed by atoms with van der Waals surface area (Å²) in [7, 11) is 0. The Hall–Kier alpha value is -1.97. The van der Waals surface area contributed by atoms with Crippen molar-refractivity contribution in [2.45, 2.75) is 37.8 Å². The molecule has 3 nitrogen and oxygen atoms in total. The van der Waals surface area contributed by atoms with E-state index in [0.717, 1.165) is 13.1 Å². The van der Waals surface area contributed by atoms with Crippen LogP contribution in [0.5, 0.6) is 0 Å². The molecule has 1 aliphatic rings. The first-order chi connectivity index (χ1) is 11.6. The lowest BCUT2D eigenvalue weighted by atomic mass is 9.84. The molecule has 1 heterocycles. The molecule has 2 aromatic carbocycles. The van der Waals surface area contributed by atoms with Gasteiger partial charge in [0.15, 0.2) is 5.78 Å². The summed E-state index contributed by atoms with van der Waals surface area (Å²) in [6, 6.07) is 20.0. The number of piperidine rings is 1. The van der Waals surface area contributed by atoms with Crippen molar-refractivity contribution in [2.75, 3.05) is 13.1 Å². The molecular weight excluding hydrogens is 298 g/mol. The molecule has 0 radical (unpaired) electrons. The monoisotopic (exact) mass is 323 g/mol. The number of nitrogens with zero attached hydrogens (tertiary/aromatic N) is 1. The summed E-state index contributed by atoms with van der Waals surface area (Å²) in [6.45, 7) is 3.83. The fourth-order valence-electron chi connectivity index (χ4n) is 3.47. The molecular formula is C21H25NO2. The highest BCUT2D eigenvalue weighted by atomic mass is 16.3. The smallest absolute Gasteiger partial charge is 0.165 e. The van der Waals surface area contributed by atoms with Gasteiger partial charge in [-0.15, -0.1) is 0 Å². The zero-order valence-corrected chi connectivity index (χ0v) is 14.2. The van der Waals surface area contributed by atoms with Crippen LogP contribution in [0.4, 0.5) is 0 Å². The second kappa shape index (κ2) is 7.29. The van der Waals surface area contributed by atoms with Crippen molar-refractivity contribution in [1.82, 2.24) is 4.90 Å². The van der Waals surface area contributed by atoms with Gasteiger partial charge in [0.05, 0.1) is 5.60 Å². The maximum Gasteiger partial charge on any atom is 0.165 e. The molecule has 3 heteroatoms. The molecule has 1 unspecified atom stereocenters. The minimum atomic E-state index is -0.875. The lowest BCUT2D eigenvalue weighted by Crippen LogP contribution is -2.46. The third kappa shape index (κ3) is 3.92. The minimum absolute atomic E-state index is 0.0302. The molecule has 2 aromatic rings. The number of benzene rings is 2. The Morgan fingerprint density at radius 1 is 1.04 bits per heavy atom. The van der Waals surface area contributed by atoms with E-state index in [-0.39, 0.29) is 12.2 Å². The van der Waals surface area contributed by atoms with E-state index >= 15 is 0 Å². The van der Waals surface area contributed by atoms with Gasteiger partial charge in [0.1, 0.15) is 0 Å². The van der Waals surface area contributed by atoms with Gasteiger partial charge in [-0.1, -0.05) is 60.7 Å². The Morgan fingerprint density at radius 3 is 2.17 bits per heavy atom. The van der Waals surface area contributed by atoms with Gasteiger partial charge >= 0.3 is 0 Å². The van der Waals surface area contributed by atoms with Crippen molar-refractivity contribution in [1.29, 1.82) is 0 Å². The first-order valence-corrected chi connectivity index (χ1v) is 8.67. The molecule has 0 bridgehead atoms. The lowest BCUT2D eigenvalue weighted by molar-refractivity contribution is -0.0303. The molecule has 0 aromatic heterocycles. The summed E-state index contributed by atoms with van der Waals surface area (Å²) < 4.78 is 0. The van der Waals surface area contributed by atoms with Gasteiger partial charge in [-0.05, 0) is 25.3 Å². The number of rotatable bonds is 5. The average molecular weight is 323 g/mol. The quantitative estimate of drug-likeness (QED) is 0.850. The second-order valence-corrected chi connectivity index (χ2v) is 6.81. The van der Waals surface area contributed by atoms with E-state index in [9.17, 15) is 9.90 Å². The molecule has 1 aliphatic heterocycles. The van der Waals surface area contributed by atoms with E-state index in [1.165, 1.54) is 5.56 Å². The van der Waals surface area contributed by atoms with Gasteiger partial charge in [0, 0.05) is 31.1 Å². The van der Waals surface area contributed by atoms with Crippen LogP contribution in [0.3, 0.4) is 0 Å². The van der Waals surface area contributed by atoms with Crippen LogP contribution >= 0.6 is 0 Å². The Bertz CT molecular complexity index is 661. The molecule has 0 saturated carbocycles. The number of aliphatic hydroxyl groups is 1. The number of carbonyl (C=O) groups is 1. The number of hydrogen-bond donors (Lipinski definition) is 1.